The van der Waals surface area contributed by atoms with Crippen LogP contribution >= 0.6 is 11.3 Å². The second kappa shape index (κ2) is 6.03. The molecule has 2 rings (SSSR count). The van der Waals surface area contributed by atoms with Crippen molar-refractivity contribution in [1.82, 2.24) is 10.3 Å². The second-order valence-corrected chi connectivity index (χ2v) is 5.18. The van der Waals surface area contributed by atoms with Gasteiger partial charge in [0.05, 0.1) is 10.7 Å². The highest BCUT2D eigenvalue weighted by atomic mass is 32.1. The molecule has 86 valence electrons. The van der Waals surface area contributed by atoms with E-state index in [1.165, 1.54) is 23.5 Å². The van der Waals surface area contributed by atoms with E-state index in [-0.39, 0.29) is 0 Å². The van der Waals surface area contributed by atoms with Gasteiger partial charge in [0.15, 0.2) is 0 Å². The van der Waals surface area contributed by atoms with Gasteiger partial charge in [-0.25, -0.2) is 4.98 Å². The zero-order chi connectivity index (χ0) is 11.2. The predicted molar refractivity (Wildman–Crippen MR) is 68.5 cm³/mol. The zero-order valence-corrected chi connectivity index (χ0v) is 10.4. The third-order valence-corrected chi connectivity index (χ3v) is 3.78. The summed E-state index contributed by atoms with van der Waals surface area (Å²) in [5.74, 6) is 3.45. The highest BCUT2D eigenvalue weighted by Crippen LogP contribution is 2.41. The number of unbranched alkanes of at least 4 members (excludes halogenated alkanes) is 2. The number of hydrogen-bond donors (Lipinski definition) is 1. The summed E-state index contributed by atoms with van der Waals surface area (Å²) < 4.78 is 0. The lowest BCUT2D eigenvalue weighted by Crippen LogP contribution is -2.14. The maximum Gasteiger partial charge on any atom is 0.0959 e. The Morgan fingerprint density at radius 2 is 2.38 bits per heavy atom. The minimum absolute atomic E-state index is 0.786. The SMILES string of the molecule is C#CCCCCNCc1csc(C2CC2)n1. The fraction of sp³-hybridized carbons (Fsp3) is 0.615. The van der Waals surface area contributed by atoms with Crippen LogP contribution in [0.1, 0.15) is 48.7 Å². The molecule has 0 spiro atoms. The molecule has 1 aliphatic rings. The van der Waals surface area contributed by atoms with Crippen LogP contribution in [0.15, 0.2) is 5.38 Å². The molecule has 1 N–H and O–H groups in total. The molecule has 0 aliphatic heterocycles. The van der Waals surface area contributed by atoms with Gasteiger partial charge in [0.25, 0.3) is 0 Å². The average Bonchev–Trinajstić information content (AvgIpc) is 3.04. The van der Waals surface area contributed by atoms with Crippen molar-refractivity contribution in [3.63, 3.8) is 0 Å². The van der Waals surface area contributed by atoms with E-state index in [9.17, 15) is 0 Å². The molecule has 0 radical (unpaired) electrons. The van der Waals surface area contributed by atoms with E-state index in [0.29, 0.717) is 0 Å². The summed E-state index contributed by atoms with van der Waals surface area (Å²) in [4.78, 5) is 4.63. The number of thiazole rings is 1. The number of rotatable bonds is 7. The Morgan fingerprint density at radius 1 is 1.50 bits per heavy atom. The Hall–Kier alpha value is -0.850. The van der Waals surface area contributed by atoms with Gasteiger partial charge in [0, 0.05) is 24.3 Å². The van der Waals surface area contributed by atoms with Crippen LogP contribution in [-0.4, -0.2) is 11.5 Å². The summed E-state index contributed by atoms with van der Waals surface area (Å²) in [6.07, 6.45) is 11.0. The molecule has 2 nitrogen and oxygen atoms in total. The molecule has 1 aliphatic carbocycles. The molecule has 0 atom stereocenters. The van der Waals surface area contributed by atoms with Crippen molar-refractivity contribution in [2.24, 2.45) is 0 Å². The van der Waals surface area contributed by atoms with Crippen LogP contribution in [0, 0.1) is 12.3 Å². The smallest absolute Gasteiger partial charge is 0.0959 e. The Balaban J connectivity index is 1.59. The molecule has 0 unspecified atom stereocenters. The molecular formula is C13H18N2S. The zero-order valence-electron chi connectivity index (χ0n) is 9.54. The van der Waals surface area contributed by atoms with Gasteiger partial charge in [-0.15, -0.1) is 23.7 Å². The van der Waals surface area contributed by atoms with Crippen molar-refractivity contribution >= 4 is 11.3 Å². The predicted octanol–water partition coefficient (Wildman–Crippen LogP) is 2.91. The van der Waals surface area contributed by atoms with E-state index in [1.807, 2.05) is 11.3 Å². The molecule has 1 aromatic rings. The Morgan fingerprint density at radius 3 is 3.12 bits per heavy atom. The number of nitrogens with one attached hydrogen (secondary N) is 1. The topological polar surface area (TPSA) is 24.9 Å². The first-order valence-corrected chi connectivity index (χ1v) is 6.86. The quantitative estimate of drug-likeness (QED) is 0.579. The third-order valence-electron chi connectivity index (χ3n) is 2.73. The van der Waals surface area contributed by atoms with Gasteiger partial charge in [-0.05, 0) is 32.2 Å². The van der Waals surface area contributed by atoms with E-state index >= 15 is 0 Å². The molecule has 1 aromatic heterocycles. The highest BCUT2D eigenvalue weighted by Gasteiger charge is 2.26. The molecule has 3 heteroatoms. The second-order valence-electron chi connectivity index (χ2n) is 4.29. The maximum absolute atomic E-state index is 5.19. The van der Waals surface area contributed by atoms with Crippen molar-refractivity contribution in [3.05, 3.63) is 16.1 Å². The lowest BCUT2D eigenvalue weighted by molar-refractivity contribution is 0.623. The van der Waals surface area contributed by atoms with Crippen LogP contribution < -0.4 is 5.32 Å². The standard InChI is InChI=1S/C13H18N2S/c1-2-3-4-5-8-14-9-12-10-16-13(15-12)11-6-7-11/h1,10-11,14H,3-9H2. The molecule has 1 fully saturated rings. The number of nitrogens with zero attached hydrogens (tertiary/aromatic N) is 1. The highest BCUT2D eigenvalue weighted by molar-refractivity contribution is 7.09. The molecule has 16 heavy (non-hydrogen) atoms. The van der Waals surface area contributed by atoms with Gasteiger partial charge in [-0.1, -0.05) is 0 Å². The van der Waals surface area contributed by atoms with Crippen LogP contribution in [0.5, 0.6) is 0 Å². The first-order chi connectivity index (χ1) is 7.90. The van der Waals surface area contributed by atoms with E-state index in [2.05, 4.69) is 21.6 Å². The van der Waals surface area contributed by atoms with Gasteiger partial charge in [-0.2, -0.15) is 0 Å². The third kappa shape index (κ3) is 3.62. The summed E-state index contributed by atoms with van der Waals surface area (Å²) >= 11 is 1.81. The molecule has 0 amide bonds. The molecule has 1 heterocycles. The van der Waals surface area contributed by atoms with Gasteiger partial charge >= 0.3 is 0 Å². The molecular weight excluding hydrogens is 216 g/mol. The average molecular weight is 234 g/mol. The lowest BCUT2D eigenvalue weighted by Gasteiger charge is -2.00. The van der Waals surface area contributed by atoms with Crippen molar-refractivity contribution in [2.75, 3.05) is 6.54 Å². The fourth-order valence-electron chi connectivity index (χ4n) is 1.62. The minimum atomic E-state index is 0.786. The van der Waals surface area contributed by atoms with Crippen molar-refractivity contribution in [1.29, 1.82) is 0 Å². The fourth-order valence-corrected chi connectivity index (χ4v) is 2.61. The summed E-state index contributed by atoms with van der Waals surface area (Å²) in [6, 6.07) is 0. The van der Waals surface area contributed by atoms with Crippen LogP contribution in [0.25, 0.3) is 0 Å². The summed E-state index contributed by atoms with van der Waals surface area (Å²) in [5.41, 5.74) is 1.20. The van der Waals surface area contributed by atoms with Crippen LogP contribution in [0.3, 0.4) is 0 Å². The van der Waals surface area contributed by atoms with E-state index in [0.717, 1.165) is 38.3 Å². The van der Waals surface area contributed by atoms with Crippen LogP contribution in [-0.2, 0) is 6.54 Å². The number of aromatic nitrogens is 1. The van der Waals surface area contributed by atoms with Gasteiger partial charge < -0.3 is 5.32 Å². The van der Waals surface area contributed by atoms with Gasteiger partial charge in [0.1, 0.15) is 0 Å². The Kier molecular flexibility index (Phi) is 4.38. The summed E-state index contributed by atoms with van der Waals surface area (Å²) in [7, 11) is 0. The first-order valence-electron chi connectivity index (χ1n) is 5.98. The van der Waals surface area contributed by atoms with Gasteiger partial charge in [0.2, 0.25) is 0 Å². The molecule has 0 aromatic carbocycles. The monoisotopic (exact) mass is 234 g/mol. The van der Waals surface area contributed by atoms with E-state index in [1.54, 1.807) is 0 Å². The Bertz CT molecular complexity index is 360. The number of terminal acetylenes is 1. The molecule has 0 saturated heterocycles. The maximum atomic E-state index is 5.19. The number of hydrogen-bond acceptors (Lipinski definition) is 3. The molecule has 0 bridgehead atoms. The lowest BCUT2D eigenvalue weighted by atomic mass is 10.2. The van der Waals surface area contributed by atoms with Crippen molar-refractivity contribution < 1.29 is 0 Å². The minimum Gasteiger partial charge on any atom is -0.311 e. The van der Waals surface area contributed by atoms with E-state index < -0.39 is 0 Å². The van der Waals surface area contributed by atoms with Gasteiger partial charge in [-0.3, -0.25) is 0 Å². The van der Waals surface area contributed by atoms with E-state index in [4.69, 9.17) is 6.42 Å². The van der Waals surface area contributed by atoms with Crippen molar-refractivity contribution in [3.8, 4) is 12.3 Å². The normalized spacial score (nSPS) is 14.9. The summed E-state index contributed by atoms with van der Waals surface area (Å²) in [6.45, 7) is 1.94. The van der Waals surface area contributed by atoms with Crippen LogP contribution in [0.2, 0.25) is 0 Å². The van der Waals surface area contributed by atoms with Crippen LogP contribution in [0.4, 0.5) is 0 Å². The Labute approximate surface area is 101 Å². The largest absolute Gasteiger partial charge is 0.311 e. The van der Waals surface area contributed by atoms with Crippen molar-refractivity contribution in [2.45, 2.75) is 44.6 Å². The first kappa shape index (κ1) is 11.6. The molecule has 1 saturated carbocycles. The summed E-state index contributed by atoms with van der Waals surface area (Å²) in [5, 5.41) is 6.93.